The summed E-state index contributed by atoms with van der Waals surface area (Å²) in [6.07, 6.45) is 2.38. The van der Waals surface area contributed by atoms with Crippen LogP contribution in [0.5, 0.6) is 0 Å². The van der Waals surface area contributed by atoms with Gasteiger partial charge < -0.3 is 28.7 Å². The Morgan fingerprint density at radius 1 is 1.45 bits per heavy atom. The number of rotatable bonds is 7. The van der Waals surface area contributed by atoms with Crippen molar-refractivity contribution < 1.29 is 53.8 Å². The Labute approximate surface area is 169 Å². The molecule has 0 aliphatic carbocycles. The van der Waals surface area contributed by atoms with E-state index >= 15 is 0 Å². The fourth-order valence-corrected chi connectivity index (χ4v) is 3.26. The van der Waals surface area contributed by atoms with Gasteiger partial charge in [0.2, 0.25) is 0 Å². The molecule has 0 aromatic heterocycles. The van der Waals surface area contributed by atoms with E-state index in [1.165, 1.54) is 32.0 Å². The van der Waals surface area contributed by atoms with Crippen molar-refractivity contribution in [2.45, 2.75) is 19.8 Å². The Bertz CT molecular complexity index is 238. The number of likely N-dealkylation sites (tertiary alicyclic amines) is 1. The minimum atomic E-state index is 0. The van der Waals surface area contributed by atoms with Crippen LogP contribution in [0, 0.1) is 25.3 Å². The molecule has 1 fully saturated rings. The molecule has 0 aromatic carbocycles. The SMILES string of the molecule is [CH2-]CN(C[C-](C)NCC1([CH2-])CCN(C)CC1)PP.[W].[Y]. The Hall–Kier alpha value is 2.53. The summed E-state index contributed by atoms with van der Waals surface area (Å²) in [5, 5.41) is 3.57. The molecule has 2 atom stereocenters. The number of piperidine rings is 1. The maximum absolute atomic E-state index is 4.42. The summed E-state index contributed by atoms with van der Waals surface area (Å²) >= 11 is 0. The number of hydrogen-bond acceptors (Lipinski definition) is 3. The molecule has 7 heteroatoms. The Morgan fingerprint density at radius 3 is 2.45 bits per heavy atom. The van der Waals surface area contributed by atoms with Crippen LogP contribution < -0.4 is 5.32 Å². The van der Waals surface area contributed by atoms with Crippen molar-refractivity contribution in [3.05, 3.63) is 19.9 Å². The van der Waals surface area contributed by atoms with E-state index in [-0.39, 0.29) is 59.2 Å². The van der Waals surface area contributed by atoms with Crippen LogP contribution in [0.3, 0.4) is 0 Å². The third-order valence-corrected chi connectivity index (χ3v) is 5.54. The van der Waals surface area contributed by atoms with Crippen molar-refractivity contribution in [1.82, 2.24) is 14.9 Å². The predicted octanol–water partition coefficient (Wildman–Crippen LogP) is 2.19. The molecule has 1 aliphatic rings. The van der Waals surface area contributed by atoms with Crippen molar-refractivity contribution in [2.24, 2.45) is 5.41 Å². The van der Waals surface area contributed by atoms with E-state index in [1.54, 1.807) is 0 Å². The van der Waals surface area contributed by atoms with E-state index in [1.807, 2.05) is 0 Å². The van der Waals surface area contributed by atoms with Gasteiger partial charge in [-0.2, -0.15) is 6.92 Å². The van der Waals surface area contributed by atoms with Crippen LogP contribution in [0.25, 0.3) is 0 Å². The van der Waals surface area contributed by atoms with Gasteiger partial charge >= 0.3 is 0 Å². The quantitative estimate of drug-likeness (QED) is 0.380. The first-order valence-corrected chi connectivity index (χ1v) is 9.35. The molecule has 0 bridgehead atoms. The van der Waals surface area contributed by atoms with Crippen molar-refractivity contribution in [1.29, 1.82) is 0 Å². The molecular formula is C13H28N3P2WY-3. The molecule has 1 rings (SSSR count). The largest absolute Gasteiger partial charge is 0.468 e. The minimum Gasteiger partial charge on any atom is -0.468 e. The van der Waals surface area contributed by atoms with Gasteiger partial charge in [0.15, 0.2) is 0 Å². The van der Waals surface area contributed by atoms with Crippen LogP contribution >= 0.6 is 17.3 Å². The summed E-state index contributed by atoms with van der Waals surface area (Å²) in [5.41, 5.74) is 0.215. The molecule has 1 N–H and O–H groups in total. The first-order valence-electron chi connectivity index (χ1n) is 6.60. The second-order valence-electron chi connectivity index (χ2n) is 5.49. The van der Waals surface area contributed by atoms with Gasteiger partial charge in [-0.05, 0) is 28.6 Å². The molecule has 20 heavy (non-hydrogen) atoms. The maximum atomic E-state index is 4.42. The Morgan fingerprint density at radius 2 is 2.00 bits per heavy atom. The van der Waals surface area contributed by atoms with Crippen molar-refractivity contribution >= 4 is 17.3 Å². The zero-order valence-electron chi connectivity index (χ0n) is 12.8. The molecule has 117 valence electrons. The number of nitrogens with zero attached hydrogens (tertiary/aromatic N) is 2. The molecule has 0 amide bonds. The summed E-state index contributed by atoms with van der Waals surface area (Å²) in [5.74, 6) is 0. The van der Waals surface area contributed by atoms with Crippen molar-refractivity contribution in [3.63, 3.8) is 0 Å². The van der Waals surface area contributed by atoms with Gasteiger partial charge in [-0.25, -0.2) is 6.04 Å². The first-order chi connectivity index (χ1) is 8.49. The molecule has 0 aromatic rings. The molecule has 0 saturated carbocycles. The number of nitrogens with one attached hydrogen (secondary N) is 1. The van der Waals surface area contributed by atoms with E-state index in [2.05, 4.69) is 51.6 Å². The predicted molar refractivity (Wildman–Crippen MR) is 86.4 cm³/mol. The molecule has 3 nitrogen and oxygen atoms in total. The van der Waals surface area contributed by atoms with Crippen LogP contribution in [0.15, 0.2) is 0 Å². The van der Waals surface area contributed by atoms with Crippen molar-refractivity contribution in [2.75, 3.05) is 39.8 Å². The van der Waals surface area contributed by atoms with Crippen LogP contribution in [-0.2, 0) is 53.8 Å². The first kappa shape index (κ1) is 24.8. The maximum Gasteiger partial charge on any atom is 0 e. The summed E-state index contributed by atoms with van der Waals surface area (Å²) in [6, 6.07) is 1.33. The monoisotopic (exact) mass is 561 g/mol. The van der Waals surface area contributed by atoms with E-state index in [4.69, 9.17) is 0 Å². The average molecular weight is 561 g/mol. The summed E-state index contributed by atoms with van der Waals surface area (Å²) < 4.78 is 2.32. The molecule has 0 spiro atoms. The fraction of sp³-hybridized carbons (Fsp3) is 0.769. The van der Waals surface area contributed by atoms with Crippen LogP contribution in [0.2, 0.25) is 0 Å². The topological polar surface area (TPSA) is 18.5 Å². The van der Waals surface area contributed by atoms with Crippen LogP contribution in [-0.4, -0.2) is 49.3 Å². The summed E-state index contributed by atoms with van der Waals surface area (Å²) in [7, 11) is 5.72. The Kier molecular flexibility index (Phi) is 16.0. The molecular weight excluding hydrogens is 533 g/mol. The van der Waals surface area contributed by atoms with Gasteiger partial charge in [0.1, 0.15) is 0 Å². The van der Waals surface area contributed by atoms with Crippen LogP contribution in [0.4, 0.5) is 0 Å². The number of hydrogen-bond donors (Lipinski definition) is 1. The summed E-state index contributed by atoms with van der Waals surface area (Å²) in [4.78, 5) is 2.39. The van der Waals surface area contributed by atoms with Crippen LogP contribution in [0.1, 0.15) is 19.8 Å². The van der Waals surface area contributed by atoms with Gasteiger partial charge in [0, 0.05) is 53.8 Å². The van der Waals surface area contributed by atoms with Gasteiger partial charge in [0.25, 0.3) is 0 Å². The van der Waals surface area contributed by atoms with Gasteiger partial charge in [-0.15, -0.1) is 18.5 Å². The third kappa shape index (κ3) is 9.62. The van der Waals surface area contributed by atoms with Crippen molar-refractivity contribution in [3.8, 4) is 0 Å². The average Bonchev–Trinajstić information content (AvgIpc) is 2.37. The van der Waals surface area contributed by atoms with Gasteiger partial charge in [-0.1, -0.05) is 28.3 Å². The second kappa shape index (κ2) is 12.9. The van der Waals surface area contributed by atoms with E-state index in [0.717, 1.165) is 28.1 Å². The molecule has 1 radical (unpaired) electrons. The smallest absolute Gasteiger partial charge is 0 e. The zero-order valence-corrected chi connectivity index (χ0v) is 20.7. The molecule has 2 unspecified atom stereocenters. The normalized spacial score (nSPS) is 19.4. The minimum absolute atomic E-state index is 0. The summed E-state index contributed by atoms with van der Waals surface area (Å²) in [6.45, 7) is 15.7. The molecule has 1 aliphatic heterocycles. The van der Waals surface area contributed by atoms with E-state index < -0.39 is 0 Å². The third-order valence-electron chi connectivity index (χ3n) is 3.69. The molecule has 1 heterocycles. The van der Waals surface area contributed by atoms with Gasteiger partial charge in [-0.3, -0.25) is 0 Å². The molecule has 1 saturated heterocycles. The fourth-order valence-electron chi connectivity index (χ4n) is 2.14. The van der Waals surface area contributed by atoms with Gasteiger partial charge in [0.05, 0.1) is 0 Å². The second-order valence-corrected chi connectivity index (χ2v) is 7.15. The standard InChI is InChI=1S/C13H28N3P2.W.Y/c1-5-16(18-17)10-12(2)14-11-13(3)6-8-15(4)9-7-13;;/h14,18H,1,3,5-11,17H2,2,4H3;;/q-3;;. The van der Waals surface area contributed by atoms with E-state index in [9.17, 15) is 0 Å². The zero-order chi connectivity index (χ0) is 13.6. The Balaban J connectivity index is 0. The van der Waals surface area contributed by atoms with E-state index in [0.29, 0.717) is 0 Å².